The molecule has 1 spiro atoms. The second-order valence-corrected chi connectivity index (χ2v) is 7.27. The van der Waals surface area contributed by atoms with Crippen molar-refractivity contribution < 1.29 is 22.7 Å². The van der Waals surface area contributed by atoms with Crippen LogP contribution in [-0.2, 0) is 24.1 Å². The number of hydrogen-bond acceptors (Lipinski definition) is 5. The largest absolute Gasteiger partial charge is 0.464 e. The van der Waals surface area contributed by atoms with Gasteiger partial charge in [-0.1, -0.05) is 13.3 Å². The summed E-state index contributed by atoms with van der Waals surface area (Å²) in [5.74, 6) is -0.244. The molecule has 2 unspecified atom stereocenters. The molecule has 0 saturated carbocycles. The smallest absolute Gasteiger partial charge is 0.341 e. The fourth-order valence-electron chi connectivity index (χ4n) is 2.99. The molecule has 18 heavy (non-hydrogen) atoms. The Kier molecular flexibility index (Phi) is 3.44. The van der Waals surface area contributed by atoms with Gasteiger partial charge in [-0.15, -0.1) is 0 Å². The Morgan fingerprint density at radius 2 is 2.11 bits per heavy atom. The normalized spacial score (nSPS) is 37.4. The lowest BCUT2D eigenvalue weighted by Crippen LogP contribution is -2.43. The van der Waals surface area contributed by atoms with Crippen LogP contribution in [0.15, 0.2) is 0 Å². The van der Waals surface area contributed by atoms with E-state index in [4.69, 9.17) is 9.47 Å². The second kappa shape index (κ2) is 4.49. The molecule has 2 atom stereocenters. The highest BCUT2D eigenvalue weighted by molar-refractivity contribution is 7.91. The van der Waals surface area contributed by atoms with Crippen molar-refractivity contribution in [2.24, 2.45) is 0 Å². The van der Waals surface area contributed by atoms with E-state index in [1.807, 2.05) is 6.92 Å². The molecule has 104 valence electrons. The van der Waals surface area contributed by atoms with Gasteiger partial charge in [0.15, 0.2) is 15.4 Å². The van der Waals surface area contributed by atoms with E-state index in [1.54, 1.807) is 6.92 Å². The van der Waals surface area contributed by atoms with Crippen LogP contribution in [0.2, 0.25) is 0 Å². The van der Waals surface area contributed by atoms with E-state index < -0.39 is 27.0 Å². The number of hydrogen-bond donors (Lipinski definition) is 0. The van der Waals surface area contributed by atoms with Crippen LogP contribution in [0, 0.1) is 0 Å². The van der Waals surface area contributed by atoms with E-state index in [9.17, 15) is 13.2 Å². The summed E-state index contributed by atoms with van der Waals surface area (Å²) in [5.41, 5.74) is -1.82. The molecule has 2 saturated heterocycles. The molecule has 2 rings (SSSR count). The molecular weight excluding hydrogens is 256 g/mol. The standard InChI is InChI=1S/C12H20O5S/c1-3-6-12(10(13)16-4-2)11(17-12)7-5-8-18(14,15)9-11/h3-9H2,1-2H3. The van der Waals surface area contributed by atoms with Gasteiger partial charge in [-0.3, -0.25) is 0 Å². The summed E-state index contributed by atoms with van der Waals surface area (Å²) in [5, 5.41) is 0. The number of esters is 1. The van der Waals surface area contributed by atoms with Gasteiger partial charge in [-0.05, 0) is 26.2 Å². The summed E-state index contributed by atoms with van der Waals surface area (Å²) in [7, 11) is -3.10. The van der Waals surface area contributed by atoms with E-state index in [-0.39, 0.29) is 18.1 Å². The molecule has 0 aliphatic carbocycles. The van der Waals surface area contributed by atoms with Crippen molar-refractivity contribution >= 4 is 15.8 Å². The van der Waals surface area contributed by atoms with Gasteiger partial charge in [0.2, 0.25) is 0 Å². The number of ether oxygens (including phenoxy) is 2. The number of epoxide rings is 1. The number of rotatable bonds is 4. The summed E-state index contributed by atoms with van der Waals surface area (Å²) in [6, 6.07) is 0. The fraction of sp³-hybridized carbons (Fsp3) is 0.917. The first-order chi connectivity index (χ1) is 8.41. The van der Waals surface area contributed by atoms with Crippen molar-refractivity contribution in [3.05, 3.63) is 0 Å². The molecule has 0 bridgehead atoms. The van der Waals surface area contributed by atoms with E-state index in [0.717, 1.165) is 6.42 Å². The maximum Gasteiger partial charge on any atom is 0.341 e. The van der Waals surface area contributed by atoms with E-state index >= 15 is 0 Å². The summed E-state index contributed by atoms with van der Waals surface area (Å²) in [4.78, 5) is 12.1. The van der Waals surface area contributed by atoms with Gasteiger partial charge < -0.3 is 9.47 Å². The molecule has 2 heterocycles. The summed E-state index contributed by atoms with van der Waals surface area (Å²) >= 11 is 0. The third-order valence-electron chi connectivity index (χ3n) is 3.76. The third kappa shape index (κ3) is 2.05. The van der Waals surface area contributed by atoms with Gasteiger partial charge in [0.1, 0.15) is 5.60 Å². The van der Waals surface area contributed by atoms with Crippen LogP contribution in [0.4, 0.5) is 0 Å². The Morgan fingerprint density at radius 1 is 1.39 bits per heavy atom. The summed E-state index contributed by atoms with van der Waals surface area (Å²) < 4.78 is 34.2. The van der Waals surface area contributed by atoms with E-state index in [2.05, 4.69) is 0 Å². The predicted octanol–water partition coefficient (Wildman–Crippen LogP) is 1.07. The van der Waals surface area contributed by atoms with Gasteiger partial charge >= 0.3 is 5.97 Å². The quantitative estimate of drug-likeness (QED) is 0.567. The van der Waals surface area contributed by atoms with Gasteiger partial charge in [0.25, 0.3) is 0 Å². The zero-order valence-corrected chi connectivity index (χ0v) is 11.7. The predicted molar refractivity (Wildman–Crippen MR) is 66.0 cm³/mol. The minimum absolute atomic E-state index is 0.0428. The number of carbonyl (C=O) groups excluding carboxylic acids is 1. The van der Waals surface area contributed by atoms with Crippen molar-refractivity contribution in [1.82, 2.24) is 0 Å². The van der Waals surface area contributed by atoms with Crippen LogP contribution in [-0.4, -0.2) is 43.7 Å². The molecule has 6 heteroatoms. The zero-order chi connectivity index (χ0) is 13.4. The lowest BCUT2D eigenvalue weighted by Gasteiger charge is -2.22. The molecule has 0 aromatic carbocycles. The molecule has 2 aliphatic rings. The van der Waals surface area contributed by atoms with Gasteiger partial charge in [0, 0.05) is 0 Å². The Labute approximate surface area is 108 Å². The Hall–Kier alpha value is -0.620. The van der Waals surface area contributed by atoms with Crippen LogP contribution in [0.3, 0.4) is 0 Å². The molecule has 0 amide bonds. The van der Waals surface area contributed by atoms with Crippen molar-refractivity contribution in [1.29, 1.82) is 0 Å². The van der Waals surface area contributed by atoms with E-state index in [1.165, 1.54) is 0 Å². The molecule has 5 nitrogen and oxygen atoms in total. The zero-order valence-electron chi connectivity index (χ0n) is 10.9. The minimum atomic E-state index is -3.10. The van der Waals surface area contributed by atoms with Crippen molar-refractivity contribution in [2.75, 3.05) is 18.1 Å². The average Bonchev–Trinajstić information content (AvgIpc) is 2.85. The first-order valence-electron chi connectivity index (χ1n) is 6.49. The van der Waals surface area contributed by atoms with E-state index in [0.29, 0.717) is 19.3 Å². The SMILES string of the molecule is CCCC1(C(=O)OCC)OC12CCCS(=O)(=O)C2. The first-order valence-corrected chi connectivity index (χ1v) is 8.31. The molecule has 0 aromatic heterocycles. The average molecular weight is 276 g/mol. The molecule has 2 aliphatic heterocycles. The summed E-state index contributed by atoms with van der Waals surface area (Å²) in [6.07, 6.45) is 2.49. The Morgan fingerprint density at radius 3 is 2.67 bits per heavy atom. The molecular formula is C12H20O5S. The maximum absolute atomic E-state index is 12.1. The highest BCUT2D eigenvalue weighted by Crippen LogP contribution is 2.57. The highest BCUT2D eigenvalue weighted by Gasteiger charge is 2.76. The van der Waals surface area contributed by atoms with Gasteiger partial charge in [-0.2, -0.15) is 0 Å². The number of sulfone groups is 1. The molecule has 0 N–H and O–H groups in total. The van der Waals surface area contributed by atoms with Crippen molar-refractivity contribution in [3.63, 3.8) is 0 Å². The van der Waals surface area contributed by atoms with Crippen LogP contribution in [0.25, 0.3) is 0 Å². The second-order valence-electron chi connectivity index (χ2n) is 5.09. The Balaban J connectivity index is 2.23. The van der Waals surface area contributed by atoms with Crippen molar-refractivity contribution in [2.45, 2.75) is 50.7 Å². The van der Waals surface area contributed by atoms with Gasteiger partial charge in [0.05, 0.1) is 18.1 Å². The number of carbonyl (C=O) groups is 1. The fourth-order valence-corrected chi connectivity index (χ4v) is 4.87. The minimum Gasteiger partial charge on any atom is -0.464 e. The molecule has 0 radical (unpaired) electrons. The van der Waals surface area contributed by atoms with Crippen molar-refractivity contribution in [3.8, 4) is 0 Å². The molecule has 2 fully saturated rings. The van der Waals surface area contributed by atoms with Crippen LogP contribution >= 0.6 is 0 Å². The molecule has 0 aromatic rings. The monoisotopic (exact) mass is 276 g/mol. The third-order valence-corrected chi connectivity index (χ3v) is 5.58. The summed E-state index contributed by atoms with van der Waals surface area (Å²) in [6.45, 7) is 3.98. The highest BCUT2D eigenvalue weighted by atomic mass is 32.2. The van der Waals surface area contributed by atoms with Crippen LogP contribution < -0.4 is 0 Å². The van der Waals surface area contributed by atoms with Gasteiger partial charge in [-0.25, -0.2) is 13.2 Å². The van der Waals surface area contributed by atoms with Crippen LogP contribution in [0.5, 0.6) is 0 Å². The van der Waals surface area contributed by atoms with Crippen LogP contribution in [0.1, 0.15) is 39.5 Å². The first kappa shape index (κ1) is 13.8. The maximum atomic E-state index is 12.1. The Bertz CT molecular complexity index is 443. The lowest BCUT2D eigenvalue weighted by molar-refractivity contribution is -0.149. The topological polar surface area (TPSA) is 73.0 Å². The lowest BCUT2D eigenvalue weighted by atomic mass is 9.86.